The smallest absolute Gasteiger partial charge is 0.356 e. The zero-order chi connectivity index (χ0) is 15.9. The molecule has 0 radical (unpaired) electrons. The van der Waals surface area contributed by atoms with E-state index in [2.05, 4.69) is 25.7 Å². The Bertz CT molecular complexity index is 743. The fourth-order valence-corrected chi connectivity index (χ4v) is 2.70. The van der Waals surface area contributed by atoms with Gasteiger partial charge in [-0.3, -0.25) is 0 Å². The van der Waals surface area contributed by atoms with Crippen LogP contribution >= 0.6 is 15.9 Å². The Hall–Kier alpha value is -1.76. The molecule has 1 heterocycles. The van der Waals surface area contributed by atoms with Crippen LogP contribution in [0.5, 0.6) is 5.75 Å². The number of pyridine rings is 1. The van der Waals surface area contributed by atoms with E-state index >= 15 is 0 Å². The number of nitrogens with zero attached hydrogens (tertiary/aromatic N) is 1. The number of hydrogen-bond acceptors (Lipinski definition) is 4. The summed E-state index contributed by atoms with van der Waals surface area (Å²) in [5, 5.41) is 0.650. The molecule has 22 heavy (non-hydrogen) atoms. The third-order valence-corrected chi connectivity index (χ3v) is 3.97. The minimum Gasteiger partial charge on any atom is -0.489 e. The molecule has 7 heteroatoms. The zero-order valence-corrected chi connectivity index (χ0v) is 13.2. The van der Waals surface area contributed by atoms with Crippen LogP contribution in [0.4, 0.5) is 8.78 Å². The Morgan fingerprint density at radius 3 is 2.73 bits per heavy atom. The Morgan fingerprint density at radius 1 is 1.36 bits per heavy atom. The second-order valence-electron chi connectivity index (χ2n) is 5.16. The van der Waals surface area contributed by atoms with Gasteiger partial charge in [-0.25, -0.2) is 18.6 Å². The maximum Gasteiger partial charge on any atom is 0.356 e. The molecule has 4 nitrogen and oxygen atoms in total. The number of carbonyl (C=O) groups excluding carboxylic acids is 1. The van der Waals surface area contributed by atoms with Crippen molar-refractivity contribution < 1.29 is 23.0 Å². The third kappa shape index (κ3) is 2.90. The van der Waals surface area contributed by atoms with Gasteiger partial charge in [-0.1, -0.05) is 15.9 Å². The molecule has 1 fully saturated rings. The first-order chi connectivity index (χ1) is 10.4. The lowest BCUT2D eigenvalue weighted by atomic mass is 9.91. The van der Waals surface area contributed by atoms with Gasteiger partial charge >= 0.3 is 5.97 Å². The highest BCUT2D eigenvalue weighted by atomic mass is 79.9. The molecule has 1 saturated carbocycles. The third-order valence-electron chi connectivity index (χ3n) is 3.47. The molecule has 0 aliphatic heterocycles. The zero-order valence-electron chi connectivity index (χ0n) is 11.6. The number of hydrogen-bond donors (Lipinski definition) is 0. The van der Waals surface area contributed by atoms with Gasteiger partial charge in [-0.05, 0) is 18.2 Å². The second-order valence-corrected chi connectivity index (χ2v) is 6.08. The average Bonchev–Trinajstić information content (AvgIpc) is 2.44. The van der Waals surface area contributed by atoms with Crippen LogP contribution in [0.2, 0.25) is 0 Å². The summed E-state index contributed by atoms with van der Waals surface area (Å²) in [4.78, 5) is 15.9. The van der Waals surface area contributed by atoms with Gasteiger partial charge in [0.1, 0.15) is 11.9 Å². The van der Waals surface area contributed by atoms with Crippen molar-refractivity contribution in [1.82, 2.24) is 4.98 Å². The van der Waals surface area contributed by atoms with Crippen molar-refractivity contribution in [2.75, 3.05) is 7.11 Å². The summed E-state index contributed by atoms with van der Waals surface area (Å²) in [5.41, 5.74) is 0.616. The van der Waals surface area contributed by atoms with Crippen LogP contribution < -0.4 is 4.74 Å². The van der Waals surface area contributed by atoms with E-state index in [4.69, 9.17) is 4.74 Å². The quantitative estimate of drug-likeness (QED) is 0.766. The number of aromatic nitrogens is 1. The van der Waals surface area contributed by atoms with Crippen molar-refractivity contribution in [3.05, 3.63) is 34.4 Å². The van der Waals surface area contributed by atoms with E-state index in [1.54, 1.807) is 18.2 Å². The van der Waals surface area contributed by atoms with Crippen molar-refractivity contribution in [2.45, 2.75) is 24.9 Å². The van der Waals surface area contributed by atoms with E-state index in [1.165, 1.54) is 13.2 Å². The minimum absolute atomic E-state index is 0.0819. The van der Waals surface area contributed by atoms with Gasteiger partial charge in [0, 0.05) is 28.8 Å². The normalized spacial score (nSPS) is 17.1. The van der Waals surface area contributed by atoms with E-state index in [0.717, 1.165) is 4.47 Å². The molecule has 1 aromatic heterocycles. The van der Waals surface area contributed by atoms with Crippen molar-refractivity contribution >= 4 is 32.8 Å². The molecule has 0 saturated heterocycles. The Labute approximate surface area is 133 Å². The van der Waals surface area contributed by atoms with E-state index in [-0.39, 0.29) is 18.5 Å². The number of benzene rings is 1. The monoisotopic (exact) mass is 371 g/mol. The Morgan fingerprint density at radius 2 is 2.09 bits per heavy atom. The van der Waals surface area contributed by atoms with Crippen LogP contribution in [0, 0.1) is 0 Å². The molecule has 0 N–H and O–H groups in total. The van der Waals surface area contributed by atoms with E-state index < -0.39 is 18.0 Å². The fourth-order valence-electron chi connectivity index (χ4n) is 2.34. The van der Waals surface area contributed by atoms with Gasteiger partial charge in [-0.2, -0.15) is 0 Å². The highest BCUT2D eigenvalue weighted by Gasteiger charge is 2.47. The number of esters is 1. The highest BCUT2D eigenvalue weighted by molar-refractivity contribution is 9.10. The molecule has 0 amide bonds. The molecule has 0 spiro atoms. The number of alkyl halides is 2. The van der Waals surface area contributed by atoms with E-state index in [1.807, 2.05) is 0 Å². The fraction of sp³-hybridized carbons (Fsp3) is 0.333. The maximum absolute atomic E-state index is 13.0. The number of halogens is 3. The molecule has 1 aliphatic rings. The minimum atomic E-state index is -2.67. The topological polar surface area (TPSA) is 48.4 Å². The van der Waals surface area contributed by atoms with Crippen molar-refractivity contribution in [2.24, 2.45) is 0 Å². The molecule has 1 aromatic carbocycles. The Kier molecular flexibility index (Phi) is 3.76. The van der Waals surface area contributed by atoms with Crippen LogP contribution in [0.1, 0.15) is 23.3 Å². The molecule has 116 valence electrons. The molecular formula is C15H12BrF2NO3. The summed E-state index contributed by atoms with van der Waals surface area (Å²) in [5.74, 6) is -2.92. The van der Waals surface area contributed by atoms with Gasteiger partial charge in [0.15, 0.2) is 5.69 Å². The standard InChI is InChI=1S/C15H12BrF2NO3/c1-21-14(20)12-5-13(22-9-6-15(17,18)7-9)10-4-8(16)2-3-11(10)19-12/h2-5,9H,6-7H2,1H3. The summed E-state index contributed by atoms with van der Waals surface area (Å²) in [6, 6.07) is 6.69. The van der Waals surface area contributed by atoms with Crippen molar-refractivity contribution in [3.63, 3.8) is 0 Å². The first-order valence-corrected chi connectivity index (χ1v) is 7.40. The molecule has 3 rings (SSSR count). The molecule has 2 aromatic rings. The van der Waals surface area contributed by atoms with Crippen LogP contribution in [-0.2, 0) is 4.74 Å². The highest BCUT2D eigenvalue weighted by Crippen LogP contribution is 2.41. The first-order valence-electron chi connectivity index (χ1n) is 6.61. The van der Waals surface area contributed by atoms with Crippen molar-refractivity contribution in [1.29, 1.82) is 0 Å². The summed E-state index contributed by atoms with van der Waals surface area (Å²) in [6.07, 6.45) is -1.21. The molecule has 0 unspecified atom stereocenters. The van der Waals surface area contributed by atoms with Gasteiger partial charge in [-0.15, -0.1) is 0 Å². The predicted octanol–water partition coefficient (Wildman–Crippen LogP) is 3.96. The largest absolute Gasteiger partial charge is 0.489 e. The number of rotatable bonds is 3. The van der Waals surface area contributed by atoms with Crippen LogP contribution in [0.3, 0.4) is 0 Å². The maximum atomic E-state index is 13.0. The second kappa shape index (κ2) is 5.46. The number of ether oxygens (including phenoxy) is 2. The lowest BCUT2D eigenvalue weighted by molar-refractivity contribution is -0.134. The van der Waals surface area contributed by atoms with Gasteiger partial charge in [0.05, 0.1) is 12.6 Å². The summed E-state index contributed by atoms with van der Waals surface area (Å²) in [6.45, 7) is 0. The average molecular weight is 372 g/mol. The van der Waals surface area contributed by atoms with Crippen LogP contribution in [0.15, 0.2) is 28.7 Å². The molecule has 1 aliphatic carbocycles. The SMILES string of the molecule is COC(=O)c1cc(OC2CC(F)(F)C2)c2cc(Br)ccc2n1. The molecule has 0 atom stereocenters. The number of fused-ring (bicyclic) bond motifs is 1. The number of carbonyl (C=O) groups is 1. The lowest BCUT2D eigenvalue weighted by Crippen LogP contribution is -2.43. The molecular weight excluding hydrogens is 360 g/mol. The molecule has 0 bridgehead atoms. The van der Waals surface area contributed by atoms with Gasteiger partial charge in [0.25, 0.3) is 5.92 Å². The van der Waals surface area contributed by atoms with Gasteiger partial charge < -0.3 is 9.47 Å². The lowest BCUT2D eigenvalue weighted by Gasteiger charge is -2.35. The van der Waals surface area contributed by atoms with Gasteiger partial charge in [0.2, 0.25) is 0 Å². The predicted molar refractivity (Wildman–Crippen MR) is 79.4 cm³/mol. The van der Waals surface area contributed by atoms with Crippen LogP contribution in [-0.4, -0.2) is 30.1 Å². The van der Waals surface area contributed by atoms with Crippen LogP contribution in [0.25, 0.3) is 10.9 Å². The summed E-state index contributed by atoms with van der Waals surface area (Å²) < 4.78 is 37.0. The Balaban J connectivity index is 2.01. The summed E-state index contributed by atoms with van der Waals surface area (Å²) in [7, 11) is 1.25. The van der Waals surface area contributed by atoms with E-state index in [0.29, 0.717) is 16.7 Å². The first kappa shape index (κ1) is 15.1. The summed E-state index contributed by atoms with van der Waals surface area (Å²) >= 11 is 3.35. The van der Waals surface area contributed by atoms with Crippen molar-refractivity contribution in [3.8, 4) is 5.75 Å². The van der Waals surface area contributed by atoms with E-state index in [9.17, 15) is 13.6 Å². The number of methoxy groups -OCH3 is 1.